The molecule has 0 spiro atoms. The van der Waals surface area contributed by atoms with E-state index in [-0.39, 0.29) is 11.9 Å². The molecule has 0 saturated carbocycles. The molecule has 0 unspecified atom stereocenters. The molecule has 2 heterocycles. The maximum Gasteiger partial charge on any atom is 0.275 e. The Kier molecular flexibility index (Phi) is 6.69. The number of furan rings is 1. The Hall–Kier alpha value is -2.11. The maximum absolute atomic E-state index is 12.3. The number of hydrogen-bond donors (Lipinski definition) is 3. The standard InChI is InChI=1S/C22H31N3O2/c1-17(2)20-8-6-19(7-9-20)15-24-10-12-25(13-11-24)16-22(26)23-18(3)21-5-4-14-27-21/h4-9,14,17-18H,10-13,15-16H2,1-3H3,(H,23,26)/p+2/t18-/m0/s1. The smallest absolute Gasteiger partial charge is 0.275 e. The van der Waals surface area contributed by atoms with Crippen molar-refractivity contribution >= 4 is 5.91 Å². The second kappa shape index (κ2) is 9.20. The first-order valence-corrected chi connectivity index (χ1v) is 10.1. The van der Waals surface area contributed by atoms with Gasteiger partial charge in [-0.25, -0.2) is 0 Å². The van der Waals surface area contributed by atoms with E-state index in [0.29, 0.717) is 12.5 Å². The van der Waals surface area contributed by atoms with Gasteiger partial charge >= 0.3 is 0 Å². The minimum absolute atomic E-state index is 0.0763. The fourth-order valence-corrected chi connectivity index (χ4v) is 3.75. The van der Waals surface area contributed by atoms with Gasteiger partial charge in [0.25, 0.3) is 5.91 Å². The number of benzene rings is 1. The van der Waals surface area contributed by atoms with Crippen LogP contribution in [0.1, 0.15) is 49.6 Å². The first-order chi connectivity index (χ1) is 13.0. The van der Waals surface area contributed by atoms with Gasteiger partial charge in [-0.1, -0.05) is 38.1 Å². The molecule has 1 aromatic carbocycles. The quantitative estimate of drug-likeness (QED) is 0.666. The van der Waals surface area contributed by atoms with Crippen LogP contribution in [0, 0.1) is 0 Å². The number of carbonyl (C=O) groups excluding carboxylic acids is 1. The second-order valence-corrected chi connectivity index (χ2v) is 8.05. The normalized spacial score (nSPS) is 21.2. The third kappa shape index (κ3) is 5.68. The van der Waals surface area contributed by atoms with E-state index in [0.717, 1.165) is 38.5 Å². The van der Waals surface area contributed by atoms with Crippen LogP contribution in [-0.4, -0.2) is 38.6 Å². The summed E-state index contributed by atoms with van der Waals surface area (Å²) in [6, 6.07) is 12.7. The van der Waals surface area contributed by atoms with Gasteiger partial charge in [-0.2, -0.15) is 0 Å². The molecule has 0 aliphatic carbocycles. The van der Waals surface area contributed by atoms with Gasteiger partial charge in [0.05, 0.1) is 12.3 Å². The molecule has 27 heavy (non-hydrogen) atoms. The van der Waals surface area contributed by atoms with Crippen LogP contribution in [0.2, 0.25) is 0 Å². The third-order valence-electron chi connectivity index (χ3n) is 5.52. The van der Waals surface area contributed by atoms with Crippen LogP contribution < -0.4 is 15.1 Å². The topological polar surface area (TPSA) is 51.1 Å². The molecule has 1 fully saturated rings. The molecular formula is C22H33N3O2+2. The van der Waals surface area contributed by atoms with Gasteiger partial charge in [-0.05, 0) is 30.5 Å². The maximum atomic E-state index is 12.3. The van der Waals surface area contributed by atoms with E-state index in [9.17, 15) is 4.79 Å². The van der Waals surface area contributed by atoms with E-state index in [1.165, 1.54) is 16.0 Å². The van der Waals surface area contributed by atoms with Crippen molar-refractivity contribution in [3.63, 3.8) is 0 Å². The summed E-state index contributed by atoms with van der Waals surface area (Å²) < 4.78 is 5.35. The van der Waals surface area contributed by atoms with E-state index in [2.05, 4.69) is 43.4 Å². The molecule has 1 aromatic heterocycles. The van der Waals surface area contributed by atoms with Gasteiger partial charge in [-0.3, -0.25) is 4.79 Å². The molecule has 1 aliphatic rings. The van der Waals surface area contributed by atoms with Crippen LogP contribution in [0.4, 0.5) is 0 Å². The second-order valence-electron chi connectivity index (χ2n) is 8.05. The highest BCUT2D eigenvalue weighted by atomic mass is 16.3. The lowest BCUT2D eigenvalue weighted by molar-refractivity contribution is -1.02. The van der Waals surface area contributed by atoms with Crippen molar-refractivity contribution in [3.05, 3.63) is 59.5 Å². The van der Waals surface area contributed by atoms with E-state index >= 15 is 0 Å². The van der Waals surface area contributed by atoms with Gasteiger partial charge in [-0.15, -0.1) is 0 Å². The number of piperazine rings is 1. The Balaban J connectivity index is 1.40. The molecule has 0 radical (unpaired) electrons. The van der Waals surface area contributed by atoms with Crippen molar-refractivity contribution in [1.82, 2.24) is 5.32 Å². The SMILES string of the molecule is CC(C)c1ccc(C[NH+]2CC[NH+](CC(=O)N[C@@H](C)c3ccco3)CC2)cc1. The van der Waals surface area contributed by atoms with Gasteiger partial charge in [0.2, 0.25) is 0 Å². The Morgan fingerprint density at radius 2 is 1.70 bits per heavy atom. The molecule has 3 N–H and O–H groups in total. The number of carbonyl (C=O) groups is 1. The van der Waals surface area contributed by atoms with E-state index in [1.807, 2.05) is 19.1 Å². The zero-order chi connectivity index (χ0) is 19.2. The highest BCUT2D eigenvalue weighted by molar-refractivity contribution is 5.77. The lowest BCUT2D eigenvalue weighted by Crippen LogP contribution is -3.28. The van der Waals surface area contributed by atoms with Crippen LogP contribution in [0.3, 0.4) is 0 Å². The number of rotatable bonds is 7. The molecule has 1 aliphatic heterocycles. The van der Waals surface area contributed by atoms with Crippen molar-refractivity contribution in [2.75, 3.05) is 32.7 Å². The summed E-state index contributed by atoms with van der Waals surface area (Å²) in [7, 11) is 0. The summed E-state index contributed by atoms with van der Waals surface area (Å²) in [6.07, 6.45) is 1.64. The lowest BCUT2D eigenvalue weighted by Gasteiger charge is -2.29. The summed E-state index contributed by atoms with van der Waals surface area (Å²) in [5.74, 6) is 1.48. The number of hydrogen-bond acceptors (Lipinski definition) is 2. The van der Waals surface area contributed by atoms with Crippen molar-refractivity contribution in [1.29, 1.82) is 0 Å². The molecule has 5 nitrogen and oxygen atoms in total. The molecule has 5 heteroatoms. The first-order valence-electron chi connectivity index (χ1n) is 10.1. The molecular weight excluding hydrogens is 338 g/mol. The Morgan fingerprint density at radius 3 is 2.30 bits per heavy atom. The summed E-state index contributed by atoms with van der Waals surface area (Å²) in [4.78, 5) is 15.3. The zero-order valence-corrected chi connectivity index (χ0v) is 16.8. The van der Waals surface area contributed by atoms with Gasteiger partial charge in [0.1, 0.15) is 38.5 Å². The number of nitrogens with one attached hydrogen (secondary N) is 3. The Bertz CT molecular complexity index is 702. The van der Waals surface area contributed by atoms with Crippen LogP contribution in [-0.2, 0) is 11.3 Å². The van der Waals surface area contributed by atoms with E-state index < -0.39 is 0 Å². The van der Waals surface area contributed by atoms with Crippen molar-refractivity contribution in [3.8, 4) is 0 Å². The zero-order valence-electron chi connectivity index (χ0n) is 16.8. The average molecular weight is 372 g/mol. The van der Waals surface area contributed by atoms with Crippen molar-refractivity contribution in [2.45, 2.75) is 39.3 Å². The summed E-state index contributed by atoms with van der Waals surface area (Å²) in [5, 5.41) is 3.03. The summed E-state index contributed by atoms with van der Waals surface area (Å²) in [6.45, 7) is 12.4. The van der Waals surface area contributed by atoms with Crippen LogP contribution in [0.25, 0.3) is 0 Å². The Labute approximate surface area is 162 Å². The molecule has 146 valence electrons. The third-order valence-corrected chi connectivity index (χ3v) is 5.52. The average Bonchev–Trinajstić information content (AvgIpc) is 3.18. The van der Waals surface area contributed by atoms with E-state index in [4.69, 9.17) is 4.42 Å². The van der Waals surface area contributed by atoms with Gasteiger partial charge in [0, 0.05) is 5.56 Å². The van der Waals surface area contributed by atoms with Gasteiger partial charge in [0.15, 0.2) is 6.54 Å². The fourth-order valence-electron chi connectivity index (χ4n) is 3.75. The highest BCUT2D eigenvalue weighted by Gasteiger charge is 2.25. The van der Waals surface area contributed by atoms with Crippen LogP contribution >= 0.6 is 0 Å². The number of amides is 1. The molecule has 2 aromatic rings. The predicted octanol–water partition coefficient (Wildman–Crippen LogP) is 0.564. The van der Waals surface area contributed by atoms with Crippen molar-refractivity contribution in [2.24, 2.45) is 0 Å². The first kappa shape index (κ1) is 19.6. The molecule has 3 rings (SSSR count). The van der Waals surface area contributed by atoms with Gasteiger partial charge < -0.3 is 19.5 Å². The minimum Gasteiger partial charge on any atom is -0.467 e. The summed E-state index contributed by atoms with van der Waals surface area (Å²) in [5.41, 5.74) is 2.81. The predicted molar refractivity (Wildman–Crippen MR) is 106 cm³/mol. The van der Waals surface area contributed by atoms with Crippen LogP contribution in [0.5, 0.6) is 0 Å². The number of quaternary nitrogens is 2. The minimum atomic E-state index is -0.0763. The fraction of sp³-hybridized carbons (Fsp3) is 0.500. The van der Waals surface area contributed by atoms with Crippen molar-refractivity contribution < 1.29 is 19.0 Å². The van der Waals surface area contributed by atoms with Crippen LogP contribution in [0.15, 0.2) is 47.1 Å². The highest BCUT2D eigenvalue weighted by Crippen LogP contribution is 2.14. The van der Waals surface area contributed by atoms with E-state index in [1.54, 1.807) is 11.2 Å². The largest absolute Gasteiger partial charge is 0.467 e. The molecule has 1 atom stereocenters. The molecule has 0 bridgehead atoms. The lowest BCUT2D eigenvalue weighted by atomic mass is 10.0. The molecule has 1 amide bonds. The molecule has 1 saturated heterocycles. The monoisotopic (exact) mass is 371 g/mol. The Morgan fingerprint density at radius 1 is 1.04 bits per heavy atom. The summed E-state index contributed by atoms with van der Waals surface area (Å²) >= 11 is 0.